The predicted molar refractivity (Wildman–Crippen MR) is 93.5 cm³/mol. The molecule has 0 radical (unpaired) electrons. The first kappa shape index (κ1) is 19.6. The summed E-state index contributed by atoms with van der Waals surface area (Å²) in [6.07, 6.45) is 4.51. The number of hydrogen-bond donors (Lipinski definition) is 0. The maximum absolute atomic E-state index is 5.91. The lowest BCUT2D eigenvalue weighted by molar-refractivity contribution is 0.0709. The molecule has 1 rings (SSSR count). The van der Waals surface area contributed by atoms with Gasteiger partial charge in [-0.1, -0.05) is 13.3 Å². The molecule has 0 amide bonds. The summed E-state index contributed by atoms with van der Waals surface area (Å²) in [4.78, 5) is 7.10. The Labute approximate surface area is 137 Å². The SMILES string of the molecule is CCCCN1CCN=C1CCC[Si](OCC)(OCC)OCC. The van der Waals surface area contributed by atoms with Crippen molar-refractivity contribution in [3.05, 3.63) is 0 Å². The molecule has 0 aromatic rings. The molecule has 5 nitrogen and oxygen atoms in total. The molecule has 130 valence electrons. The highest BCUT2D eigenvalue weighted by Gasteiger charge is 2.39. The van der Waals surface area contributed by atoms with Crippen LogP contribution in [0.5, 0.6) is 0 Å². The first-order valence-electron chi connectivity index (χ1n) is 8.91. The van der Waals surface area contributed by atoms with Crippen molar-refractivity contribution in [1.29, 1.82) is 0 Å². The monoisotopic (exact) mass is 330 g/mol. The number of hydrogen-bond acceptors (Lipinski definition) is 5. The molecule has 0 saturated heterocycles. The summed E-state index contributed by atoms with van der Waals surface area (Å²) in [5, 5.41) is 0. The van der Waals surface area contributed by atoms with Gasteiger partial charge in [0, 0.05) is 45.4 Å². The third kappa shape index (κ3) is 6.36. The van der Waals surface area contributed by atoms with Crippen LogP contribution in [0.3, 0.4) is 0 Å². The van der Waals surface area contributed by atoms with E-state index in [1.165, 1.54) is 18.7 Å². The third-order valence-corrected chi connectivity index (χ3v) is 6.94. The van der Waals surface area contributed by atoms with Gasteiger partial charge in [-0.2, -0.15) is 0 Å². The van der Waals surface area contributed by atoms with Gasteiger partial charge < -0.3 is 18.2 Å². The van der Waals surface area contributed by atoms with Crippen molar-refractivity contribution in [3.8, 4) is 0 Å². The molecule has 0 aliphatic carbocycles. The van der Waals surface area contributed by atoms with Crippen LogP contribution in [0.1, 0.15) is 53.4 Å². The molecule has 0 spiro atoms. The second kappa shape index (κ2) is 11.2. The summed E-state index contributed by atoms with van der Waals surface area (Å²) in [7, 11) is -2.49. The molecule has 1 aliphatic heterocycles. The van der Waals surface area contributed by atoms with Crippen molar-refractivity contribution < 1.29 is 13.3 Å². The Morgan fingerprint density at radius 3 is 2.18 bits per heavy atom. The molecule has 0 saturated carbocycles. The second-order valence-corrected chi connectivity index (χ2v) is 8.21. The van der Waals surface area contributed by atoms with Gasteiger partial charge in [0.2, 0.25) is 0 Å². The smallest absolute Gasteiger partial charge is 0.374 e. The van der Waals surface area contributed by atoms with Gasteiger partial charge in [0.25, 0.3) is 0 Å². The minimum Gasteiger partial charge on any atom is -0.374 e. The zero-order valence-corrected chi connectivity index (χ0v) is 15.9. The van der Waals surface area contributed by atoms with E-state index in [1.54, 1.807) is 0 Å². The van der Waals surface area contributed by atoms with Crippen molar-refractivity contribution in [2.45, 2.75) is 59.4 Å². The molecule has 0 aromatic carbocycles. The quantitative estimate of drug-likeness (QED) is 0.486. The Hall–Kier alpha value is -0.433. The van der Waals surface area contributed by atoms with Crippen LogP contribution in [0.15, 0.2) is 4.99 Å². The molecule has 1 aliphatic rings. The van der Waals surface area contributed by atoms with Gasteiger partial charge in [0.05, 0.1) is 12.4 Å². The fourth-order valence-electron chi connectivity index (χ4n) is 2.82. The van der Waals surface area contributed by atoms with E-state index in [0.717, 1.165) is 38.5 Å². The van der Waals surface area contributed by atoms with Gasteiger partial charge in [0.1, 0.15) is 0 Å². The minimum absolute atomic E-state index is 0.649. The molecule has 6 heteroatoms. The number of unbranched alkanes of at least 4 members (excludes halogenated alkanes) is 1. The van der Waals surface area contributed by atoms with E-state index in [1.807, 2.05) is 20.8 Å². The molecule has 0 atom stereocenters. The molecule has 0 aromatic heterocycles. The number of amidine groups is 1. The van der Waals surface area contributed by atoms with Gasteiger partial charge in [-0.3, -0.25) is 4.99 Å². The van der Waals surface area contributed by atoms with Crippen LogP contribution in [0.4, 0.5) is 0 Å². The van der Waals surface area contributed by atoms with Gasteiger partial charge in [-0.05, 0) is 33.6 Å². The third-order valence-electron chi connectivity index (χ3n) is 3.79. The van der Waals surface area contributed by atoms with E-state index in [2.05, 4.69) is 16.8 Å². The van der Waals surface area contributed by atoms with Crippen LogP contribution in [0.2, 0.25) is 6.04 Å². The fourth-order valence-corrected chi connectivity index (χ4v) is 5.43. The normalized spacial score (nSPS) is 15.5. The highest BCUT2D eigenvalue weighted by atomic mass is 28.4. The molecule has 0 unspecified atom stereocenters. The summed E-state index contributed by atoms with van der Waals surface area (Å²) in [5.41, 5.74) is 0. The van der Waals surface area contributed by atoms with E-state index >= 15 is 0 Å². The van der Waals surface area contributed by atoms with E-state index in [-0.39, 0.29) is 0 Å². The number of nitrogens with zero attached hydrogens (tertiary/aromatic N) is 2. The van der Waals surface area contributed by atoms with Crippen LogP contribution in [0.25, 0.3) is 0 Å². The van der Waals surface area contributed by atoms with Gasteiger partial charge in [0.15, 0.2) is 0 Å². The van der Waals surface area contributed by atoms with E-state index in [9.17, 15) is 0 Å². The summed E-state index contributed by atoms with van der Waals surface area (Å²) in [6, 6.07) is 0.878. The van der Waals surface area contributed by atoms with Crippen LogP contribution >= 0.6 is 0 Å². The summed E-state index contributed by atoms with van der Waals surface area (Å²) >= 11 is 0. The van der Waals surface area contributed by atoms with E-state index in [0.29, 0.717) is 19.8 Å². The van der Waals surface area contributed by atoms with Crippen molar-refractivity contribution in [2.75, 3.05) is 39.5 Å². The van der Waals surface area contributed by atoms with Gasteiger partial charge in [-0.25, -0.2) is 0 Å². The summed E-state index contributed by atoms with van der Waals surface area (Å²) < 4.78 is 17.7. The molecule has 0 N–H and O–H groups in total. The number of aliphatic imine (C=N–C) groups is 1. The Balaban J connectivity index is 2.47. The van der Waals surface area contributed by atoms with Crippen LogP contribution < -0.4 is 0 Å². The van der Waals surface area contributed by atoms with Crippen LogP contribution in [0, 0.1) is 0 Å². The van der Waals surface area contributed by atoms with Crippen molar-refractivity contribution >= 4 is 14.6 Å². The van der Waals surface area contributed by atoms with E-state index < -0.39 is 8.80 Å². The summed E-state index contributed by atoms with van der Waals surface area (Å²) in [6.45, 7) is 13.4. The predicted octanol–water partition coefficient (Wildman–Crippen LogP) is 3.33. The standard InChI is InChI=1S/C16H34N2O3Si/c1-5-9-13-18-14-12-17-16(18)11-10-15-22(19-6-2,20-7-3)21-8-4/h5-15H2,1-4H3. The maximum Gasteiger partial charge on any atom is 0.500 e. The topological polar surface area (TPSA) is 43.3 Å². The number of rotatable bonds is 13. The molecule has 0 fully saturated rings. The Morgan fingerprint density at radius 1 is 1.00 bits per heavy atom. The zero-order valence-electron chi connectivity index (χ0n) is 14.9. The Bertz CT molecular complexity index is 309. The highest BCUT2D eigenvalue weighted by Crippen LogP contribution is 2.20. The summed E-state index contributed by atoms with van der Waals surface area (Å²) in [5.74, 6) is 1.26. The zero-order chi connectivity index (χ0) is 16.3. The van der Waals surface area contributed by atoms with Gasteiger partial charge >= 0.3 is 8.80 Å². The molecule has 0 bridgehead atoms. The molecular formula is C16H34N2O3Si. The average molecular weight is 331 g/mol. The Morgan fingerprint density at radius 2 is 1.64 bits per heavy atom. The lowest BCUT2D eigenvalue weighted by atomic mass is 10.2. The fraction of sp³-hybridized carbons (Fsp3) is 0.938. The molecular weight excluding hydrogens is 296 g/mol. The van der Waals surface area contributed by atoms with Crippen molar-refractivity contribution in [2.24, 2.45) is 4.99 Å². The largest absolute Gasteiger partial charge is 0.500 e. The second-order valence-electron chi connectivity index (χ2n) is 5.47. The lowest BCUT2D eigenvalue weighted by Gasteiger charge is -2.28. The van der Waals surface area contributed by atoms with Crippen molar-refractivity contribution in [3.63, 3.8) is 0 Å². The maximum atomic E-state index is 5.91. The molecule has 22 heavy (non-hydrogen) atoms. The highest BCUT2D eigenvalue weighted by molar-refractivity contribution is 6.60. The molecule has 1 heterocycles. The van der Waals surface area contributed by atoms with Crippen molar-refractivity contribution in [1.82, 2.24) is 4.90 Å². The van der Waals surface area contributed by atoms with Gasteiger partial charge in [-0.15, -0.1) is 0 Å². The van der Waals surface area contributed by atoms with Crippen LogP contribution in [-0.2, 0) is 13.3 Å². The average Bonchev–Trinajstić information content (AvgIpc) is 2.93. The minimum atomic E-state index is -2.49. The van der Waals surface area contributed by atoms with Crippen LogP contribution in [-0.4, -0.2) is 59.0 Å². The lowest BCUT2D eigenvalue weighted by Crippen LogP contribution is -2.46. The van der Waals surface area contributed by atoms with E-state index in [4.69, 9.17) is 13.3 Å². The first-order valence-corrected chi connectivity index (χ1v) is 10.8. The first-order chi connectivity index (χ1) is 10.7. The Kier molecular flexibility index (Phi) is 9.95.